The number of hydrogen-bond donors (Lipinski definition) is 1. The zero-order chi connectivity index (χ0) is 21.6. The van der Waals surface area contributed by atoms with E-state index in [1.165, 1.54) is 20.4 Å². The Hall–Kier alpha value is -3.07. The first-order chi connectivity index (χ1) is 13.7. The van der Waals surface area contributed by atoms with Crippen molar-refractivity contribution in [2.45, 2.75) is 13.8 Å². The Kier molecular flexibility index (Phi) is 7.22. The predicted octanol–water partition coefficient (Wildman–Crippen LogP) is 2.24. The number of hydrogen-bond acceptors (Lipinski definition) is 6. The number of methoxy groups -OCH3 is 2. The van der Waals surface area contributed by atoms with Crippen LogP contribution in [0.3, 0.4) is 0 Å². The fourth-order valence-corrected chi connectivity index (χ4v) is 3.63. The van der Waals surface area contributed by atoms with E-state index in [4.69, 9.17) is 9.47 Å². The van der Waals surface area contributed by atoms with Crippen molar-refractivity contribution < 1.29 is 22.7 Å². The second-order valence-electron chi connectivity index (χ2n) is 6.44. The lowest BCUT2D eigenvalue weighted by Crippen LogP contribution is -2.39. The summed E-state index contributed by atoms with van der Waals surface area (Å²) in [6.07, 6.45) is 2.47. The van der Waals surface area contributed by atoms with Crippen molar-refractivity contribution in [2.24, 2.45) is 5.10 Å². The fourth-order valence-electron chi connectivity index (χ4n) is 2.72. The van der Waals surface area contributed by atoms with Crippen LogP contribution < -0.4 is 19.2 Å². The molecule has 0 spiro atoms. The molecule has 0 unspecified atom stereocenters. The average Bonchev–Trinajstić information content (AvgIpc) is 2.67. The van der Waals surface area contributed by atoms with Gasteiger partial charge in [-0.1, -0.05) is 18.2 Å². The minimum Gasteiger partial charge on any atom is -0.493 e. The molecule has 2 rings (SSSR count). The summed E-state index contributed by atoms with van der Waals surface area (Å²) in [6.45, 7) is 3.25. The van der Waals surface area contributed by atoms with Gasteiger partial charge in [0, 0.05) is 5.56 Å². The van der Waals surface area contributed by atoms with Crippen LogP contribution >= 0.6 is 0 Å². The van der Waals surface area contributed by atoms with Crippen LogP contribution in [0.2, 0.25) is 0 Å². The van der Waals surface area contributed by atoms with E-state index in [9.17, 15) is 13.2 Å². The quantitative estimate of drug-likeness (QED) is 0.523. The molecule has 29 heavy (non-hydrogen) atoms. The number of amides is 1. The second kappa shape index (κ2) is 9.42. The third-order valence-electron chi connectivity index (χ3n) is 4.15. The van der Waals surface area contributed by atoms with Crippen molar-refractivity contribution in [3.05, 3.63) is 53.1 Å². The predicted molar refractivity (Wildman–Crippen MR) is 113 cm³/mol. The van der Waals surface area contributed by atoms with Crippen LogP contribution in [0.1, 0.15) is 16.7 Å². The van der Waals surface area contributed by atoms with E-state index in [0.29, 0.717) is 22.7 Å². The largest absolute Gasteiger partial charge is 0.493 e. The molecule has 0 radical (unpaired) electrons. The maximum Gasteiger partial charge on any atom is 0.260 e. The number of anilines is 1. The van der Waals surface area contributed by atoms with Gasteiger partial charge in [-0.15, -0.1) is 0 Å². The van der Waals surface area contributed by atoms with Gasteiger partial charge in [0.25, 0.3) is 5.91 Å². The zero-order valence-corrected chi connectivity index (χ0v) is 17.9. The van der Waals surface area contributed by atoms with Gasteiger partial charge in [-0.2, -0.15) is 5.10 Å². The highest BCUT2D eigenvalue weighted by molar-refractivity contribution is 7.92. The summed E-state index contributed by atoms with van der Waals surface area (Å²) in [5.74, 6) is 0.427. The molecule has 0 aromatic heterocycles. The van der Waals surface area contributed by atoms with Crippen molar-refractivity contribution in [3.63, 3.8) is 0 Å². The van der Waals surface area contributed by atoms with Crippen LogP contribution in [0.25, 0.3) is 0 Å². The summed E-state index contributed by atoms with van der Waals surface area (Å²) >= 11 is 0. The highest BCUT2D eigenvalue weighted by atomic mass is 32.2. The number of carbonyl (C=O) groups is 1. The Morgan fingerprint density at radius 2 is 1.90 bits per heavy atom. The van der Waals surface area contributed by atoms with E-state index in [-0.39, 0.29) is 0 Å². The minimum absolute atomic E-state index is 0.393. The van der Waals surface area contributed by atoms with Gasteiger partial charge in [-0.25, -0.2) is 13.8 Å². The van der Waals surface area contributed by atoms with Crippen LogP contribution in [-0.4, -0.2) is 47.6 Å². The molecule has 0 aliphatic carbocycles. The van der Waals surface area contributed by atoms with E-state index >= 15 is 0 Å². The van der Waals surface area contributed by atoms with Crippen molar-refractivity contribution in [2.75, 3.05) is 31.3 Å². The maximum atomic E-state index is 12.4. The number of benzene rings is 2. The van der Waals surface area contributed by atoms with Gasteiger partial charge >= 0.3 is 0 Å². The van der Waals surface area contributed by atoms with E-state index in [0.717, 1.165) is 21.7 Å². The molecule has 0 atom stereocenters. The van der Waals surface area contributed by atoms with E-state index in [2.05, 4.69) is 10.5 Å². The number of sulfonamides is 1. The molecule has 0 aliphatic rings. The molecular weight excluding hydrogens is 394 g/mol. The number of carbonyl (C=O) groups excluding carboxylic acids is 1. The number of ether oxygens (including phenoxy) is 2. The van der Waals surface area contributed by atoms with Crippen molar-refractivity contribution in [1.82, 2.24) is 5.43 Å². The third kappa shape index (κ3) is 5.71. The summed E-state index contributed by atoms with van der Waals surface area (Å²) in [5, 5.41) is 3.91. The van der Waals surface area contributed by atoms with Crippen LogP contribution in [-0.2, 0) is 14.8 Å². The Labute approximate surface area is 171 Å². The highest BCUT2D eigenvalue weighted by Gasteiger charge is 2.22. The molecule has 0 aliphatic heterocycles. The monoisotopic (exact) mass is 419 g/mol. The van der Waals surface area contributed by atoms with Crippen molar-refractivity contribution in [1.29, 1.82) is 0 Å². The van der Waals surface area contributed by atoms with Gasteiger partial charge in [-0.05, 0) is 43.2 Å². The Bertz CT molecular complexity index is 1020. The molecule has 1 N–H and O–H groups in total. The summed E-state index contributed by atoms with van der Waals surface area (Å²) in [4.78, 5) is 12.4. The number of nitrogens with zero attached hydrogens (tertiary/aromatic N) is 2. The van der Waals surface area contributed by atoms with Crippen LogP contribution in [0.5, 0.6) is 11.5 Å². The van der Waals surface area contributed by atoms with Gasteiger partial charge in [0.2, 0.25) is 10.0 Å². The molecule has 0 fully saturated rings. The zero-order valence-electron chi connectivity index (χ0n) is 17.1. The molecule has 1 amide bonds. The van der Waals surface area contributed by atoms with Crippen molar-refractivity contribution in [3.8, 4) is 11.5 Å². The molecule has 0 bridgehead atoms. The summed E-state index contributed by atoms with van der Waals surface area (Å²) in [6, 6.07) is 10.7. The highest BCUT2D eigenvalue weighted by Crippen LogP contribution is 2.29. The first-order valence-corrected chi connectivity index (χ1v) is 10.6. The van der Waals surface area contributed by atoms with E-state index in [1.54, 1.807) is 31.2 Å². The lowest BCUT2D eigenvalue weighted by molar-refractivity contribution is -0.119. The van der Waals surface area contributed by atoms with Gasteiger partial charge < -0.3 is 9.47 Å². The molecule has 0 saturated carbocycles. The Balaban J connectivity index is 2.18. The topological polar surface area (TPSA) is 97.3 Å². The van der Waals surface area contributed by atoms with Gasteiger partial charge in [0.15, 0.2) is 11.5 Å². The normalized spacial score (nSPS) is 11.3. The van der Waals surface area contributed by atoms with Crippen molar-refractivity contribution >= 4 is 27.8 Å². The number of rotatable bonds is 8. The molecule has 156 valence electrons. The van der Waals surface area contributed by atoms with Crippen LogP contribution in [0.4, 0.5) is 5.69 Å². The molecule has 2 aromatic rings. The number of nitrogens with one attached hydrogen (secondary N) is 1. The van der Waals surface area contributed by atoms with Gasteiger partial charge in [0.05, 0.1) is 32.4 Å². The first-order valence-electron chi connectivity index (χ1n) is 8.75. The number of hydrazone groups is 1. The Morgan fingerprint density at radius 3 is 2.52 bits per heavy atom. The fraction of sp³-hybridized carbons (Fsp3) is 0.300. The third-order valence-corrected chi connectivity index (χ3v) is 5.27. The molecular formula is C20H25N3O5S. The van der Waals surface area contributed by atoms with Gasteiger partial charge in [0.1, 0.15) is 6.54 Å². The molecule has 2 aromatic carbocycles. The number of para-hydroxylation sites is 1. The molecule has 8 nitrogen and oxygen atoms in total. The molecule has 0 heterocycles. The summed E-state index contributed by atoms with van der Waals surface area (Å²) in [7, 11) is -0.642. The van der Waals surface area contributed by atoms with E-state index in [1.807, 2.05) is 19.1 Å². The average molecular weight is 420 g/mol. The lowest BCUT2D eigenvalue weighted by Gasteiger charge is -2.23. The molecule has 9 heteroatoms. The maximum absolute atomic E-state index is 12.4. The minimum atomic E-state index is -3.67. The first kappa shape index (κ1) is 22.2. The number of aryl methyl sites for hydroxylation is 2. The van der Waals surface area contributed by atoms with Crippen LogP contribution in [0, 0.1) is 13.8 Å². The standard InChI is InChI=1S/C20H25N3O5S/c1-14-9-10-15(2)17(11-14)23(29(5,25)26)13-19(24)22-21-12-16-7-6-8-18(27-3)20(16)28-4/h6-12H,13H2,1-5H3,(H,22,24)/b21-12-. The lowest BCUT2D eigenvalue weighted by atomic mass is 10.1. The summed E-state index contributed by atoms with van der Waals surface area (Å²) < 4.78 is 36.1. The summed E-state index contributed by atoms with van der Waals surface area (Å²) in [5.41, 5.74) is 5.05. The molecule has 0 saturated heterocycles. The Morgan fingerprint density at radius 1 is 1.17 bits per heavy atom. The van der Waals surface area contributed by atoms with Gasteiger partial charge in [-0.3, -0.25) is 9.10 Å². The van der Waals surface area contributed by atoms with E-state index < -0.39 is 22.5 Å². The smallest absolute Gasteiger partial charge is 0.260 e. The SMILES string of the molecule is COc1cccc(/C=N\NC(=O)CN(c2cc(C)ccc2C)S(C)(=O)=O)c1OC. The second-order valence-corrected chi connectivity index (χ2v) is 8.34. The van der Waals surface area contributed by atoms with Crippen LogP contribution in [0.15, 0.2) is 41.5 Å².